The zero-order valence-corrected chi connectivity index (χ0v) is 8.80. The van der Waals surface area contributed by atoms with E-state index in [1.807, 2.05) is 0 Å². The second-order valence-corrected chi connectivity index (χ2v) is 4.11. The molecule has 1 fully saturated rings. The first-order valence-electron chi connectivity index (χ1n) is 5.34. The molecule has 0 atom stereocenters. The van der Waals surface area contributed by atoms with Gasteiger partial charge < -0.3 is 5.32 Å². The van der Waals surface area contributed by atoms with E-state index in [0.717, 1.165) is 31.0 Å². The minimum Gasteiger partial charge on any atom is -0.307 e. The molecule has 0 radical (unpaired) electrons. The van der Waals surface area contributed by atoms with E-state index in [4.69, 9.17) is 0 Å². The van der Waals surface area contributed by atoms with Crippen molar-refractivity contribution in [2.45, 2.75) is 25.3 Å². The van der Waals surface area contributed by atoms with E-state index in [1.165, 1.54) is 0 Å². The average Bonchev–Trinajstić information content (AvgIpc) is 3.04. The van der Waals surface area contributed by atoms with Crippen molar-refractivity contribution in [3.05, 3.63) is 35.4 Å². The summed E-state index contributed by atoms with van der Waals surface area (Å²) in [5.74, 6) is -1.16. The molecule has 86 valence electrons. The van der Waals surface area contributed by atoms with Crippen LogP contribution in [0, 0.1) is 11.6 Å². The Bertz CT molecular complexity index is 402. The number of Topliss-reactive ketones (excluding diaryl/α,β-unsaturated/α-hetero) is 1. The maximum absolute atomic E-state index is 13.2. The summed E-state index contributed by atoms with van der Waals surface area (Å²) < 4.78 is 26.0. The van der Waals surface area contributed by atoms with Crippen LogP contribution in [0.1, 0.15) is 18.4 Å². The second-order valence-electron chi connectivity index (χ2n) is 4.11. The summed E-state index contributed by atoms with van der Waals surface area (Å²) in [7, 11) is 0. The summed E-state index contributed by atoms with van der Waals surface area (Å²) in [6, 6.07) is 3.61. The lowest BCUT2D eigenvalue weighted by Gasteiger charge is -2.04. The molecule has 1 aliphatic carbocycles. The van der Waals surface area contributed by atoms with Gasteiger partial charge in [0.1, 0.15) is 11.6 Å². The summed E-state index contributed by atoms with van der Waals surface area (Å²) in [6.45, 7) is 0.237. The van der Waals surface area contributed by atoms with Gasteiger partial charge in [0.15, 0.2) is 5.78 Å². The van der Waals surface area contributed by atoms with Crippen LogP contribution in [0.2, 0.25) is 0 Å². The number of carbonyl (C=O) groups is 1. The topological polar surface area (TPSA) is 29.1 Å². The average molecular weight is 225 g/mol. The van der Waals surface area contributed by atoms with Gasteiger partial charge in [-0.25, -0.2) is 8.78 Å². The Morgan fingerprint density at radius 2 is 2.12 bits per heavy atom. The fourth-order valence-corrected chi connectivity index (χ4v) is 1.50. The van der Waals surface area contributed by atoms with Crippen molar-refractivity contribution in [3.8, 4) is 0 Å². The van der Waals surface area contributed by atoms with Gasteiger partial charge in [-0.3, -0.25) is 4.79 Å². The molecule has 0 spiro atoms. The SMILES string of the molecule is O=C(CNC1CC1)Cc1cc(F)ccc1F. The van der Waals surface area contributed by atoms with Crippen LogP contribution in [0.3, 0.4) is 0 Å². The van der Waals surface area contributed by atoms with Crippen LogP contribution < -0.4 is 5.32 Å². The normalized spacial score (nSPS) is 15.1. The van der Waals surface area contributed by atoms with Crippen molar-refractivity contribution in [2.24, 2.45) is 0 Å². The fraction of sp³-hybridized carbons (Fsp3) is 0.417. The van der Waals surface area contributed by atoms with E-state index in [-0.39, 0.29) is 24.3 Å². The van der Waals surface area contributed by atoms with E-state index < -0.39 is 11.6 Å². The Labute approximate surface area is 92.7 Å². The molecule has 1 aromatic carbocycles. The molecule has 4 heteroatoms. The minimum atomic E-state index is -0.527. The molecule has 0 aromatic heterocycles. The first-order valence-corrected chi connectivity index (χ1v) is 5.34. The van der Waals surface area contributed by atoms with Crippen molar-refractivity contribution in [1.29, 1.82) is 0 Å². The largest absolute Gasteiger partial charge is 0.307 e. The molecule has 1 N–H and O–H groups in total. The molecule has 2 rings (SSSR count). The molecule has 1 saturated carbocycles. The van der Waals surface area contributed by atoms with Gasteiger partial charge in [0, 0.05) is 12.5 Å². The van der Waals surface area contributed by atoms with Gasteiger partial charge in [0.2, 0.25) is 0 Å². The maximum atomic E-state index is 13.2. The summed E-state index contributed by atoms with van der Waals surface area (Å²) in [6.07, 6.45) is 2.15. The second kappa shape index (κ2) is 4.70. The molecule has 1 aliphatic rings. The van der Waals surface area contributed by atoms with E-state index in [0.29, 0.717) is 6.04 Å². The Morgan fingerprint density at radius 1 is 1.38 bits per heavy atom. The van der Waals surface area contributed by atoms with Crippen LogP contribution in [0.4, 0.5) is 8.78 Å². The van der Waals surface area contributed by atoms with Crippen LogP contribution in [-0.2, 0) is 11.2 Å². The number of carbonyl (C=O) groups excluding carboxylic acids is 1. The molecule has 0 bridgehead atoms. The molecule has 0 heterocycles. The number of ketones is 1. The summed E-state index contributed by atoms with van der Waals surface area (Å²) in [4.78, 5) is 11.5. The van der Waals surface area contributed by atoms with E-state index in [1.54, 1.807) is 0 Å². The van der Waals surface area contributed by atoms with Crippen LogP contribution >= 0.6 is 0 Å². The first kappa shape index (κ1) is 11.2. The van der Waals surface area contributed by atoms with Gasteiger partial charge in [-0.1, -0.05) is 0 Å². The van der Waals surface area contributed by atoms with Gasteiger partial charge in [-0.15, -0.1) is 0 Å². The number of hydrogen-bond donors (Lipinski definition) is 1. The lowest BCUT2D eigenvalue weighted by Crippen LogP contribution is -2.26. The highest BCUT2D eigenvalue weighted by atomic mass is 19.1. The van der Waals surface area contributed by atoms with Crippen LogP contribution in [0.5, 0.6) is 0 Å². The van der Waals surface area contributed by atoms with Crippen molar-refractivity contribution in [2.75, 3.05) is 6.54 Å². The van der Waals surface area contributed by atoms with Gasteiger partial charge >= 0.3 is 0 Å². The van der Waals surface area contributed by atoms with Gasteiger partial charge in [0.05, 0.1) is 6.54 Å². The third kappa shape index (κ3) is 3.10. The Hall–Kier alpha value is -1.29. The highest BCUT2D eigenvalue weighted by Crippen LogP contribution is 2.18. The van der Waals surface area contributed by atoms with Gasteiger partial charge in [-0.2, -0.15) is 0 Å². The summed E-state index contributed by atoms with van der Waals surface area (Å²) >= 11 is 0. The van der Waals surface area contributed by atoms with Crippen LogP contribution in [-0.4, -0.2) is 18.4 Å². The summed E-state index contributed by atoms with van der Waals surface area (Å²) in [5.41, 5.74) is 0.127. The van der Waals surface area contributed by atoms with Gasteiger partial charge in [-0.05, 0) is 36.6 Å². The highest BCUT2D eigenvalue weighted by Gasteiger charge is 2.21. The molecular weight excluding hydrogens is 212 g/mol. The number of hydrogen-bond acceptors (Lipinski definition) is 2. The summed E-state index contributed by atoms with van der Waals surface area (Å²) in [5, 5.41) is 3.04. The Balaban J connectivity index is 1.91. The third-order valence-electron chi connectivity index (χ3n) is 2.56. The van der Waals surface area contributed by atoms with E-state index in [9.17, 15) is 13.6 Å². The zero-order chi connectivity index (χ0) is 11.5. The molecule has 0 amide bonds. The lowest BCUT2D eigenvalue weighted by molar-refractivity contribution is -0.117. The monoisotopic (exact) mass is 225 g/mol. The first-order chi connectivity index (χ1) is 7.65. The molecule has 16 heavy (non-hydrogen) atoms. The maximum Gasteiger partial charge on any atom is 0.151 e. The van der Waals surface area contributed by atoms with E-state index in [2.05, 4.69) is 5.32 Å². The van der Waals surface area contributed by atoms with Crippen molar-refractivity contribution >= 4 is 5.78 Å². The van der Waals surface area contributed by atoms with Crippen molar-refractivity contribution in [3.63, 3.8) is 0 Å². The quantitative estimate of drug-likeness (QED) is 0.828. The highest BCUT2D eigenvalue weighted by molar-refractivity contribution is 5.82. The van der Waals surface area contributed by atoms with Crippen LogP contribution in [0.15, 0.2) is 18.2 Å². The number of halogens is 2. The molecular formula is C12H13F2NO. The lowest BCUT2D eigenvalue weighted by atomic mass is 10.1. The smallest absolute Gasteiger partial charge is 0.151 e. The fourth-order valence-electron chi connectivity index (χ4n) is 1.50. The standard InChI is InChI=1S/C12H13F2NO/c13-9-1-4-12(14)8(5-9)6-11(16)7-15-10-2-3-10/h1,4-5,10,15H,2-3,6-7H2. The molecule has 1 aromatic rings. The molecule has 0 unspecified atom stereocenters. The zero-order valence-electron chi connectivity index (χ0n) is 8.80. The number of benzene rings is 1. The predicted octanol–water partition coefficient (Wildman–Crippen LogP) is 1.83. The molecule has 0 aliphatic heterocycles. The number of rotatable bonds is 5. The van der Waals surface area contributed by atoms with Gasteiger partial charge in [0.25, 0.3) is 0 Å². The minimum absolute atomic E-state index is 0.0523. The Kier molecular flexibility index (Phi) is 3.29. The predicted molar refractivity (Wildman–Crippen MR) is 56.1 cm³/mol. The number of nitrogens with one attached hydrogen (secondary N) is 1. The van der Waals surface area contributed by atoms with Crippen LogP contribution in [0.25, 0.3) is 0 Å². The molecule has 0 saturated heterocycles. The van der Waals surface area contributed by atoms with E-state index >= 15 is 0 Å². The third-order valence-corrected chi connectivity index (χ3v) is 2.56. The Morgan fingerprint density at radius 3 is 2.81 bits per heavy atom. The molecule has 2 nitrogen and oxygen atoms in total. The van der Waals surface area contributed by atoms with Crippen molar-refractivity contribution in [1.82, 2.24) is 5.32 Å². The van der Waals surface area contributed by atoms with Crippen molar-refractivity contribution < 1.29 is 13.6 Å².